The van der Waals surface area contributed by atoms with Crippen LogP contribution in [0.2, 0.25) is 0 Å². The summed E-state index contributed by atoms with van der Waals surface area (Å²) >= 11 is 0. The second kappa shape index (κ2) is 6.86. The summed E-state index contributed by atoms with van der Waals surface area (Å²) in [5, 5.41) is 11.3. The first-order valence-corrected chi connectivity index (χ1v) is 8.50. The summed E-state index contributed by atoms with van der Waals surface area (Å²) in [5.41, 5.74) is 1.44. The van der Waals surface area contributed by atoms with Crippen LogP contribution in [0, 0.1) is 11.3 Å². The minimum Gasteiger partial charge on any atom is -0.384 e. The molecule has 1 N–H and O–H groups in total. The van der Waals surface area contributed by atoms with Crippen molar-refractivity contribution in [1.29, 1.82) is 0 Å². The van der Waals surface area contributed by atoms with E-state index in [2.05, 4.69) is 15.5 Å². The topological polar surface area (TPSA) is 72.3 Å². The van der Waals surface area contributed by atoms with Crippen LogP contribution < -0.4 is 5.32 Å². The molecule has 1 spiro atoms. The third kappa shape index (κ3) is 3.83. The molecule has 1 aromatic rings. The number of carbonyl (C=O) groups is 1. The van der Waals surface area contributed by atoms with Gasteiger partial charge in [-0.15, -0.1) is 0 Å². The van der Waals surface area contributed by atoms with E-state index in [4.69, 9.17) is 4.74 Å². The highest BCUT2D eigenvalue weighted by Gasteiger charge is 2.54. The molecule has 0 radical (unpaired) electrons. The molecule has 1 aliphatic heterocycles. The summed E-state index contributed by atoms with van der Waals surface area (Å²) in [6, 6.07) is 0.0722. The zero-order chi connectivity index (χ0) is 16.3. The summed E-state index contributed by atoms with van der Waals surface area (Å²) in [6.07, 6.45) is 7.02. The van der Waals surface area contributed by atoms with Crippen molar-refractivity contribution in [3.63, 3.8) is 0 Å². The number of aromatic nitrogens is 3. The number of hydrogen-bond acceptors (Lipinski definition) is 4. The molecule has 1 saturated heterocycles. The lowest BCUT2D eigenvalue weighted by molar-refractivity contribution is 0.134. The van der Waals surface area contributed by atoms with Crippen molar-refractivity contribution in [3.05, 3.63) is 11.9 Å². The van der Waals surface area contributed by atoms with Crippen molar-refractivity contribution < 1.29 is 9.53 Å². The van der Waals surface area contributed by atoms with E-state index in [0.29, 0.717) is 17.9 Å². The largest absolute Gasteiger partial charge is 0.384 e. The first-order chi connectivity index (χ1) is 11.1. The molecule has 3 rings (SSSR count). The van der Waals surface area contributed by atoms with Crippen LogP contribution in [0.3, 0.4) is 0 Å². The second-order valence-electron chi connectivity index (χ2n) is 6.87. The maximum Gasteiger partial charge on any atom is 0.317 e. The first-order valence-electron chi connectivity index (χ1n) is 8.50. The second-order valence-corrected chi connectivity index (χ2v) is 6.87. The number of amides is 2. The summed E-state index contributed by atoms with van der Waals surface area (Å²) < 4.78 is 5.27. The average molecular weight is 321 g/mol. The highest BCUT2D eigenvalue weighted by molar-refractivity contribution is 5.74. The van der Waals surface area contributed by atoms with Crippen molar-refractivity contribution >= 4 is 6.03 Å². The van der Waals surface area contributed by atoms with E-state index in [0.717, 1.165) is 51.1 Å². The van der Waals surface area contributed by atoms with Gasteiger partial charge < -0.3 is 15.0 Å². The van der Waals surface area contributed by atoms with Crippen molar-refractivity contribution in [1.82, 2.24) is 25.2 Å². The maximum atomic E-state index is 12.2. The van der Waals surface area contributed by atoms with Gasteiger partial charge in [-0.2, -0.15) is 15.0 Å². The fourth-order valence-corrected chi connectivity index (χ4v) is 3.72. The normalized spacial score (nSPS) is 22.3. The number of nitrogens with one attached hydrogen (secondary N) is 1. The van der Waals surface area contributed by atoms with Crippen molar-refractivity contribution in [3.8, 4) is 0 Å². The average Bonchev–Trinajstić information content (AvgIpc) is 3.01. The number of piperidine rings is 1. The Bertz CT molecular complexity index is 536. The van der Waals surface area contributed by atoms with E-state index in [9.17, 15) is 4.79 Å². The monoisotopic (exact) mass is 321 g/mol. The molecule has 128 valence electrons. The van der Waals surface area contributed by atoms with Gasteiger partial charge in [-0.1, -0.05) is 0 Å². The molecule has 0 aromatic carbocycles. The van der Waals surface area contributed by atoms with Crippen LogP contribution in [-0.2, 0) is 18.2 Å². The molecule has 0 bridgehead atoms. The molecule has 1 aliphatic carbocycles. The third-order valence-corrected chi connectivity index (χ3v) is 5.31. The highest BCUT2D eigenvalue weighted by Crippen LogP contribution is 2.59. The molecule has 1 unspecified atom stereocenters. The highest BCUT2D eigenvalue weighted by atomic mass is 16.5. The quantitative estimate of drug-likeness (QED) is 0.799. The number of rotatable bonds is 6. The number of urea groups is 1. The fraction of sp³-hybridized carbons (Fsp3) is 0.812. The molecule has 2 aliphatic rings. The molecule has 2 fully saturated rings. The molecule has 2 amide bonds. The zero-order valence-electron chi connectivity index (χ0n) is 14.1. The van der Waals surface area contributed by atoms with Gasteiger partial charge in [0.05, 0.1) is 11.9 Å². The number of methoxy groups -OCH3 is 1. The minimum absolute atomic E-state index is 0.0722. The zero-order valence-corrected chi connectivity index (χ0v) is 14.1. The SMILES string of the molecule is COCC1CC12CCN(C(=O)NCCCc1cnn(C)n1)CC2. The Morgan fingerprint density at radius 3 is 2.91 bits per heavy atom. The molecular weight excluding hydrogens is 294 g/mol. The molecule has 2 heterocycles. The van der Waals surface area contributed by atoms with Gasteiger partial charge in [0.1, 0.15) is 0 Å². The number of likely N-dealkylation sites (tertiary alicyclic amines) is 1. The Balaban J connectivity index is 1.32. The molecule has 7 heteroatoms. The summed E-state index contributed by atoms with van der Waals surface area (Å²) in [4.78, 5) is 15.7. The summed E-state index contributed by atoms with van der Waals surface area (Å²) in [6.45, 7) is 3.30. The van der Waals surface area contributed by atoms with E-state index in [1.807, 2.05) is 11.9 Å². The lowest BCUT2D eigenvalue weighted by Gasteiger charge is -2.33. The Labute approximate surface area is 137 Å². The number of aryl methyl sites for hydroxylation is 2. The van der Waals surface area contributed by atoms with Crippen molar-refractivity contribution in [2.45, 2.75) is 32.1 Å². The van der Waals surface area contributed by atoms with E-state index >= 15 is 0 Å². The predicted octanol–water partition coefficient (Wildman–Crippen LogP) is 1.21. The van der Waals surface area contributed by atoms with E-state index in [1.165, 1.54) is 6.42 Å². The van der Waals surface area contributed by atoms with E-state index in [1.54, 1.807) is 18.1 Å². The van der Waals surface area contributed by atoms with E-state index < -0.39 is 0 Å². The molecule has 7 nitrogen and oxygen atoms in total. The Hall–Kier alpha value is -1.63. The number of hydrogen-bond donors (Lipinski definition) is 1. The van der Waals surface area contributed by atoms with Gasteiger partial charge in [0, 0.05) is 40.4 Å². The minimum atomic E-state index is 0.0722. The van der Waals surface area contributed by atoms with Crippen LogP contribution in [0.5, 0.6) is 0 Å². The molecule has 23 heavy (non-hydrogen) atoms. The summed E-state index contributed by atoms with van der Waals surface area (Å²) in [5.74, 6) is 0.713. The Morgan fingerprint density at radius 2 is 2.26 bits per heavy atom. The number of nitrogens with zero attached hydrogens (tertiary/aromatic N) is 4. The first kappa shape index (κ1) is 16.2. The standard InChI is InChI=1S/C16H27N5O2/c1-20-18-11-14(19-20)4-3-7-17-15(22)21-8-5-16(6-9-21)10-13(16)12-23-2/h11,13H,3-10,12H2,1-2H3,(H,17,22). The van der Waals surface area contributed by atoms with Gasteiger partial charge in [-0.3, -0.25) is 0 Å². The molecule has 1 saturated carbocycles. The Morgan fingerprint density at radius 1 is 1.48 bits per heavy atom. The van der Waals surface area contributed by atoms with Gasteiger partial charge in [-0.05, 0) is 43.4 Å². The lowest BCUT2D eigenvalue weighted by atomic mass is 9.91. The van der Waals surface area contributed by atoms with E-state index in [-0.39, 0.29) is 6.03 Å². The predicted molar refractivity (Wildman–Crippen MR) is 85.9 cm³/mol. The van der Waals surface area contributed by atoms with Gasteiger partial charge in [0.2, 0.25) is 0 Å². The number of carbonyl (C=O) groups excluding carboxylic acids is 1. The molecule has 1 atom stereocenters. The molecule has 1 aromatic heterocycles. The van der Waals surface area contributed by atoms with Gasteiger partial charge in [0.15, 0.2) is 0 Å². The van der Waals surface area contributed by atoms with Crippen molar-refractivity contribution in [2.24, 2.45) is 18.4 Å². The maximum absolute atomic E-state index is 12.2. The smallest absolute Gasteiger partial charge is 0.317 e. The van der Waals surface area contributed by atoms with Crippen LogP contribution >= 0.6 is 0 Å². The molecular formula is C16H27N5O2. The van der Waals surface area contributed by atoms with Crippen LogP contribution in [-0.4, -0.2) is 59.3 Å². The lowest BCUT2D eigenvalue weighted by Crippen LogP contribution is -2.45. The third-order valence-electron chi connectivity index (χ3n) is 5.31. The van der Waals surface area contributed by atoms with Crippen LogP contribution in [0.1, 0.15) is 31.4 Å². The van der Waals surface area contributed by atoms with Gasteiger partial charge in [0.25, 0.3) is 0 Å². The van der Waals surface area contributed by atoms with Crippen molar-refractivity contribution in [2.75, 3.05) is 33.4 Å². The Kier molecular flexibility index (Phi) is 4.84. The van der Waals surface area contributed by atoms with Crippen LogP contribution in [0.15, 0.2) is 6.20 Å². The summed E-state index contributed by atoms with van der Waals surface area (Å²) in [7, 11) is 3.58. The van der Waals surface area contributed by atoms with Gasteiger partial charge >= 0.3 is 6.03 Å². The number of ether oxygens (including phenoxy) is 1. The van der Waals surface area contributed by atoms with Gasteiger partial charge in [-0.25, -0.2) is 4.79 Å². The van der Waals surface area contributed by atoms with Crippen LogP contribution in [0.25, 0.3) is 0 Å². The van der Waals surface area contributed by atoms with Crippen LogP contribution in [0.4, 0.5) is 4.79 Å². The fourth-order valence-electron chi connectivity index (χ4n) is 3.72.